The standard InChI is InChI=1S/C22H31N5O2/c1-4-7-19-24-25-21-22(29)26(17-8-5-6-9-18(17)27(19)21)13-20(28)23-16-11-10-14(2)15(3)12-16/h10-12,17-18,21,25H,4-9,13H2,1-3H3,(H,23,28). The zero-order valence-corrected chi connectivity index (χ0v) is 17.6. The van der Waals surface area contributed by atoms with Gasteiger partial charge in [0.15, 0.2) is 6.17 Å². The van der Waals surface area contributed by atoms with Gasteiger partial charge in [-0.25, -0.2) is 0 Å². The Kier molecular flexibility index (Phi) is 5.48. The van der Waals surface area contributed by atoms with Crippen LogP contribution in [0.1, 0.15) is 56.6 Å². The maximum Gasteiger partial charge on any atom is 0.268 e. The van der Waals surface area contributed by atoms with E-state index >= 15 is 0 Å². The number of amidine groups is 1. The van der Waals surface area contributed by atoms with Crippen molar-refractivity contribution in [2.75, 3.05) is 11.9 Å². The molecule has 1 aromatic carbocycles. The largest absolute Gasteiger partial charge is 0.325 e. The highest BCUT2D eigenvalue weighted by atomic mass is 16.2. The summed E-state index contributed by atoms with van der Waals surface area (Å²) in [6.45, 7) is 6.29. The summed E-state index contributed by atoms with van der Waals surface area (Å²) in [5.41, 5.74) is 6.13. The lowest BCUT2D eigenvalue weighted by Gasteiger charge is -2.51. The van der Waals surface area contributed by atoms with Crippen LogP contribution >= 0.6 is 0 Å². The molecule has 7 nitrogen and oxygen atoms in total. The second-order valence-corrected chi connectivity index (χ2v) is 8.45. The van der Waals surface area contributed by atoms with E-state index in [-0.39, 0.29) is 30.4 Å². The summed E-state index contributed by atoms with van der Waals surface area (Å²) in [6, 6.07) is 6.19. The number of hydrogen-bond donors (Lipinski definition) is 2. The van der Waals surface area contributed by atoms with Crippen molar-refractivity contribution in [3.05, 3.63) is 29.3 Å². The van der Waals surface area contributed by atoms with Gasteiger partial charge in [0.25, 0.3) is 5.91 Å². The van der Waals surface area contributed by atoms with Gasteiger partial charge < -0.3 is 15.1 Å². The van der Waals surface area contributed by atoms with Crippen LogP contribution in [0, 0.1) is 13.8 Å². The minimum absolute atomic E-state index is 0.0433. The molecule has 0 aromatic heterocycles. The maximum atomic E-state index is 13.3. The van der Waals surface area contributed by atoms with E-state index in [2.05, 4.69) is 27.7 Å². The number of amides is 2. The van der Waals surface area contributed by atoms with Gasteiger partial charge in [0, 0.05) is 12.1 Å². The van der Waals surface area contributed by atoms with E-state index in [0.29, 0.717) is 0 Å². The van der Waals surface area contributed by atoms with Crippen molar-refractivity contribution in [3.8, 4) is 0 Å². The summed E-state index contributed by atoms with van der Waals surface area (Å²) in [7, 11) is 0. The van der Waals surface area contributed by atoms with Crippen LogP contribution in [0.2, 0.25) is 0 Å². The lowest BCUT2D eigenvalue weighted by Crippen LogP contribution is -2.69. The molecule has 2 heterocycles. The molecule has 4 rings (SSSR count). The van der Waals surface area contributed by atoms with E-state index in [1.54, 1.807) is 4.90 Å². The third kappa shape index (κ3) is 3.70. The van der Waals surface area contributed by atoms with Gasteiger partial charge in [-0.2, -0.15) is 5.10 Å². The number of nitrogens with zero attached hydrogens (tertiary/aromatic N) is 3. The lowest BCUT2D eigenvalue weighted by atomic mass is 9.85. The summed E-state index contributed by atoms with van der Waals surface area (Å²) in [4.78, 5) is 30.0. The van der Waals surface area contributed by atoms with E-state index in [1.807, 2.05) is 32.0 Å². The van der Waals surface area contributed by atoms with Crippen LogP contribution in [0.3, 0.4) is 0 Å². The quantitative estimate of drug-likeness (QED) is 0.801. The van der Waals surface area contributed by atoms with Gasteiger partial charge in [-0.3, -0.25) is 15.0 Å². The van der Waals surface area contributed by atoms with E-state index in [1.165, 1.54) is 5.56 Å². The third-order valence-corrected chi connectivity index (χ3v) is 6.44. The van der Waals surface area contributed by atoms with E-state index < -0.39 is 6.17 Å². The van der Waals surface area contributed by atoms with Crippen LogP contribution in [-0.4, -0.2) is 52.2 Å². The lowest BCUT2D eigenvalue weighted by molar-refractivity contribution is -0.151. The van der Waals surface area contributed by atoms with Gasteiger partial charge in [-0.1, -0.05) is 25.8 Å². The van der Waals surface area contributed by atoms with Gasteiger partial charge >= 0.3 is 0 Å². The topological polar surface area (TPSA) is 77.0 Å². The van der Waals surface area contributed by atoms with Crippen molar-refractivity contribution in [1.29, 1.82) is 0 Å². The highest BCUT2D eigenvalue weighted by molar-refractivity contribution is 5.98. The Morgan fingerprint density at radius 2 is 1.97 bits per heavy atom. The van der Waals surface area contributed by atoms with Crippen LogP contribution in [0.15, 0.2) is 23.3 Å². The molecule has 156 valence electrons. The molecule has 0 bridgehead atoms. The number of benzene rings is 1. The molecule has 2 N–H and O–H groups in total. The minimum atomic E-state index is -0.467. The van der Waals surface area contributed by atoms with Crippen LogP contribution in [-0.2, 0) is 9.59 Å². The first-order valence-electron chi connectivity index (χ1n) is 10.8. The van der Waals surface area contributed by atoms with E-state index in [0.717, 1.165) is 55.6 Å². The molecular formula is C22H31N5O2. The van der Waals surface area contributed by atoms with Gasteiger partial charge in [-0.05, 0) is 56.4 Å². The molecule has 29 heavy (non-hydrogen) atoms. The Balaban J connectivity index is 1.50. The summed E-state index contributed by atoms with van der Waals surface area (Å²) >= 11 is 0. The van der Waals surface area contributed by atoms with Gasteiger partial charge in [-0.15, -0.1) is 0 Å². The number of nitrogens with one attached hydrogen (secondary N) is 2. The zero-order chi connectivity index (χ0) is 20.5. The predicted molar refractivity (Wildman–Crippen MR) is 113 cm³/mol. The normalized spacial score (nSPS) is 25.8. The first-order chi connectivity index (χ1) is 14.0. The Morgan fingerprint density at radius 3 is 2.69 bits per heavy atom. The number of piperazine rings is 1. The number of fused-ring (bicyclic) bond motifs is 3. The average Bonchev–Trinajstić information content (AvgIpc) is 3.12. The molecule has 0 radical (unpaired) electrons. The SMILES string of the molecule is CCCC1=NNC2C(=O)N(CC(=O)Nc3ccc(C)c(C)c3)C3CCCCC3N12. The van der Waals surface area contributed by atoms with Crippen molar-refractivity contribution in [3.63, 3.8) is 0 Å². The number of carbonyl (C=O) groups is 2. The molecule has 1 aromatic rings. The fraction of sp³-hybridized carbons (Fsp3) is 0.591. The third-order valence-electron chi connectivity index (χ3n) is 6.44. The monoisotopic (exact) mass is 397 g/mol. The fourth-order valence-corrected chi connectivity index (χ4v) is 4.84. The Bertz CT molecular complexity index is 836. The van der Waals surface area contributed by atoms with Crippen LogP contribution in [0.4, 0.5) is 5.69 Å². The summed E-state index contributed by atoms with van der Waals surface area (Å²) in [5, 5.41) is 7.42. The van der Waals surface area contributed by atoms with Crippen LogP contribution in [0.25, 0.3) is 0 Å². The average molecular weight is 398 g/mol. The number of hydrogen-bond acceptors (Lipinski definition) is 5. The van der Waals surface area contributed by atoms with Crippen molar-refractivity contribution in [2.24, 2.45) is 5.10 Å². The molecular weight excluding hydrogens is 366 g/mol. The minimum Gasteiger partial charge on any atom is -0.325 e. The molecule has 7 heteroatoms. The molecule has 2 amide bonds. The number of rotatable bonds is 5. The number of hydrazone groups is 1. The Labute approximate surface area is 172 Å². The molecule has 2 aliphatic heterocycles. The van der Waals surface area contributed by atoms with Gasteiger partial charge in [0.1, 0.15) is 12.4 Å². The molecule has 3 unspecified atom stereocenters. The van der Waals surface area contributed by atoms with E-state index in [9.17, 15) is 9.59 Å². The van der Waals surface area contributed by atoms with Crippen molar-refractivity contribution in [2.45, 2.75) is 77.5 Å². The first kappa shape index (κ1) is 19.7. The predicted octanol–water partition coefficient (Wildman–Crippen LogP) is 2.74. The summed E-state index contributed by atoms with van der Waals surface area (Å²) in [5.74, 6) is 0.798. The Morgan fingerprint density at radius 1 is 1.21 bits per heavy atom. The highest BCUT2D eigenvalue weighted by Gasteiger charge is 2.50. The number of aryl methyl sites for hydroxylation is 2. The summed E-state index contributed by atoms with van der Waals surface area (Å²) in [6.07, 6.45) is 5.62. The molecule has 1 saturated carbocycles. The number of carbonyl (C=O) groups excluding carboxylic acids is 2. The molecule has 2 fully saturated rings. The fourth-order valence-electron chi connectivity index (χ4n) is 4.84. The van der Waals surface area contributed by atoms with Crippen molar-refractivity contribution < 1.29 is 9.59 Å². The van der Waals surface area contributed by atoms with E-state index in [4.69, 9.17) is 0 Å². The van der Waals surface area contributed by atoms with Gasteiger partial charge in [0.05, 0.1) is 12.1 Å². The van der Waals surface area contributed by atoms with Crippen molar-refractivity contribution >= 4 is 23.3 Å². The zero-order valence-electron chi connectivity index (χ0n) is 17.6. The first-order valence-corrected chi connectivity index (χ1v) is 10.8. The molecule has 1 aliphatic carbocycles. The summed E-state index contributed by atoms with van der Waals surface area (Å²) < 4.78 is 0. The smallest absolute Gasteiger partial charge is 0.268 e. The molecule has 3 aliphatic rings. The van der Waals surface area contributed by atoms with Crippen LogP contribution < -0.4 is 10.7 Å². The van der Waals surface area contributed by atoms with Crippen molar-refractivity contribution in [1.82, 2.24) is 15.2 Å². The Hall–Kier alpha value is -2.57. The van der Waals surface area contributed by atoms with Crippen LogP contribution in [0.5, 0.6) is 0 Å². The molecule has 1 saturated heterocycles. The number of anilines is 1. The molecule has 3 atom stereocenters. The maximum absolute atomic E-state index is 13.3. The second kappa shape index (κ2) is 8.05. The van der Waals surface area contributed by atoms with Gasteiger partial charge in [0.2, 0.25) is 5.91 Å². The molecule has 0 spiro atoms. The second-order valence-electron chi connectivity index (χ2n) is 8.45. The highest BCUT2D eigenvalue weighted by Crippen LogP contribution is 2.35.